The van der Waals surface area contributed by atoms with Gasteiger partial charge in [-0.15, -0.1) is 10.2 Å². The molecule has 0 amide bonds. The van der Waals surface area contributed by atoms with Crippen LogP contribution in [0.25, 0.3) is 0 Å². The van der Waals surface area contributed by atoms with Crippen molar-refractivity contribution in [3.8, 4) is 0 Å². The summed E-state index contributed by atoms with van der Waals surface area (Å²) in [5, 5.41) is 13.0. The van der Waals surface area contributed by atoms with Crippen LogP contribution in [0.3, 0.4) is 0 Å². The highest BCUT2D eigenvalue weighted by molar-refractivity contribution is 7.15. The van der Waals surface area contributed by atoms with E-state index in [1.54, 1.807) is 11.3 Å². The topological polar surface area (TPSA) is 44.3 Å². The van der Waals surface area contributed by atoms with Gasteiger partial charge >= 0.3 is 0 Å². The number of nitrogens with one attached hydrogen (secondary N) is 1. The minimum absolute atomic E-state index is 0.868. The Morgan fingerprint density at radius 1 is 1.20 bits per heavy atom. The summed E-state index contributed by atoms with van der Waals surface area (Å²) in [5.41, 5.74) is 0. The van der Waals surface area contributed by atoms with E-state index in [4.69, 9.17) is 0 Å². The molecule has 0 radical (unpaired) electrons. The molecule has 6 heteroatoms. The number of anilines is 1. The summed E-state index contributed by atoms with van der Waals surface area (Å²) in [6.45, 7) is 2.98. The maximum absolute atomic E-state index is 4.10. The number of aromatic nitrogens is 2. The molecule has 0 unspecified atom stereocenters. The van der Waals surface area contributed by atoms with Crippen LogP contribution < -0.4 is 5.32 Å². The van der Waals surface area contributed by atoms with E-state index in [0.29, 0.717) is 0 Å². The zero-order valence-electron chi connectivity index (χ0n) is 9.82. The summed E-state index contributed by atoms with van der Waals surface area (Å²) < 4.78 is 0. The zero-order chi connectivity index (χ0) is 11.3. The van der Waals surface area contributed by atoms with Crippen LogP contribution in [0.2, 0.25) is 0 Å². The molecule has 1 aromatic rings. The van der Waals surface area contributed by atoms with Crippen LogP contribution in [0.5, 0.6) is 0 Å². The van der Waals surface area contributed by atoms with Crippen LogP contribution in [-0.4, -0.2) is 61.3 Å². The molecule has 0 aliphatic heterocycles. The van der Waals surface area contributed by atoms with Crippen molar-refractivity contribution in [3.63, 3.8) is 0 Å². The highest BCUT2D eigenvalue weighted by Crippen LogP contribution is 2.15. The van der Waals surface area contributed by atoms with Crippen LogP contribution in [0, 0.1) is 0 Å². The van der Waals surface area contributed by atoms with E-state index in [-0.39, 0.29) is 0 Å². The summed E-state index contributed by atoms with van der Waals surface area (Å²) in [6.07, 6.45) is 0. The van der Waals surface area contributed by atoms with Gasteiger partial charge in [-0.2, -0.15) is 0 Å². The van der Waals surface area contributed by atoms with Crippen molar-refractivity contribution in [2.75, 3.05) is 46.6 Å². The summed E-state index contributed by atoms with van der Waals surface area (Å²) in [7, 11) is 8.12. The van der Waals surface area contributed by atoms with Crippen LogP contribution in [0.1, 0.15) is 5.01 Å². The van der Waals surface area contributed by atoms with Crippen LogP contribution in [-0.2, 0) is 6.54 Å². The second kappa shape index (κ2) is 5.99. The Labute approximate surface area is 95.1 Å². The molecule has 0 aromatic carbocycles. The molecule has 0 aliphatic rings. The fourth-order valence-corrected chi connectivity index (χ4v) is 1.87. The Kier molecular flexibility index (Phi) is 4.93. The van der Waals surface area contributed by atoms with Gasteiger partial charge in [-0.3, -0.25) is 4.90 Å². The molecule has 1 aromatic heterocycles. The van der Waals surface area contributed by atoms with Crippen molar-refractivity contribution < 1.29 is 0 Å². The highest BCUT2D eigenvalue weighted by atomic mass is 32.1. The molecule has 0 fully saturated rings. The molecule has 0 atom stereocenters. The number of hydrogen-bond acceptors (Lipinski definition) is 6. The Morgan fingerprint density at radius 3 is 2.47 bits per heavy atom. The molecule has 5 nitrogen and oxygen atoms in total. The van der Waals surface area contributed by atoms with Gasteiger partial charge in [-0.25, -0.2) is 0 Å². The lowest BCUT2D eigenvalue weighted by Gasteiger charge is -2.17. The van der Waals surface area contributed by atoms with Crippen molar-refractivity contribution >= 4 is 16.5 Å². The largest absolute Gasteiger partial charge is 0.363 e. The average Bonchev–Trinajstić information content (AvgIpc) is 2.62. The summed E-state index contributed by atoms with van der Waals surface area (Å²) in [5.74, 6) is 0. The first-order valence-corrected chi connectivity index (χ1v) is 5.77. The predicted molar refractivity (Wildman–Crippen MR) is 64.3 cm³/mol. The second-order valence-electron chi connectivity index (χ2n) is 3.79. The number of rotatable bonds is 6. The highest BCUT2D eigenvalue weighted by Gasteiger charge is 2.06. The normalized spacial score (nSPS) is 11.3. The second-order valence-corrected chi connectivity index (χ2v) is 4.85. The van der Waals surface area contributed by atoms with E-state index >= 15 is 0 Å². The van der Waals surface area contributed by atoms with Crippen LogP contribution in [0.15, 0.2) is 0 Å². The molecule has 0 aliphatic carbocycles. The quantitative estimate of drug-likeness (QED) is 0.773. The van der Waals surface area contributed by atoms with Crippen molar-refractivity contribution in [1.82, 2.24) is 20.0 Å². The molecular weight excluding hydrogens is 210 g/mol. The smallest absolute Gasteiger partial charge is 0.205 e. The minimum atomic E-state index is 0.868. The number of hydrogen-bond donors (Lipinski definition) is 1. The SMILES string of the molecule is CNc1nnc(CN(C)CCN(C)C)s1. The first-order chi connectivity index (χ1) is 7.11. The zero-order valence-corrected chi connectivity index (χ0v) is 10.6. The van der Waals surface area contributed by atoms with Crippen LogP contribution in [0.4, 0.5) is 5.13 Å². The molecule has 0 saturated heterocycles. The van der Waals surface area contributed by atoms with Gasteiger partial charge in [-0.05, 0) is 21.1 Å². The van der Waals surface area contributed by atoms with E-state index in [0.717, 1.165) is 29.8 Å². The first-order valence-electron chi connectivity index (χ1n) is 4.95. The van der Waals surface area contributed by atoms with Gasteiger partial charge in [0.05, 0.1) is 6.54 Å². The fraction of sp³-hybridized carbons (Fsp3) is 0.778. The van der Waals surface area contributed by atoms with Crippen molar-refractivity contribution in [1.29, 1.82) is 0 Å². The Bertz CT molecular complexity index is 286. The van der Waals surface area contributed by atoms with E-state index in [1.807, 2.05) is 7.05 Å². The third-order valence-electron chi connectivity index (χ3n) is 2.01. The Balaban J connectivity index is 2.33. The van der Waals surface area contributed by atoms with E-state index in [2.05, 4.69) is 46.5 Å². The third kappa shape index (κ3) is 4.55. The first kappa shape index (κ1) is 12.4. The van der Waals surface area contributed by atoms with Crippen molar-refractivity contribution in [3.05, 3.63) is 5.01 Å². The van der Waals surface area contributed by atoms with E-state index in [1.165, 1.54) is 0 Å². The standard InChI is InChI=1S/C9H19N5S/c1-10-9-12-11-8(15-9)7-14(4)6-5-13(2)3/h5-7H2,1-4H3,(H,10,12). The monoisotopic (exact) mass is 229 g/mol. The lowest BCUT2D eigenvalue weighted by Crippen LogP contribution is -2.28. The van der Waals surface area contributed by atoms with Gasteiger partial charge in [-0.1, -0.05) is 11.3 Å². The minimum Gasteiger partial charge on any atom is -0.363 e. The molecule has 1 rings (SSSR count). The van der Waals surface area contributed by atoms with Gasteiger partial charge in [0.1, 0.15) is 5.01 Å². The molecule has 86 valence electrons. The number of nitrogens with zero attached hydrogens (tertiary/aromatic N) is 4. The van der Waals surface area contributed by atoms with Gasteiger partial charge in [0.25, 0.3) is 0 Å². The van der Waals surface area contributed by atoms with E-state index < -0.39 is 0 Å². The summed E-state index contributed by atoms with van der Waals surface area (Å²) in [4.78, 5) is 4.43. The molecule has 0 spiro atoms. The third-order valence-corrected chi connectivity index (χ3v) is 2.94. The lowest BCUT2D eigenvalue weighted by molar-refractivity contribution is 0.275. The maximum Gasteiger partial charge on any atom is 0.205 e. The Morgan fingerprint density at radius 2 is 1.93 bits per heavy atom. The van der Waals surface area contributed by atoms with Gasteiger partial charge in [0, 0.05) is 20.1 Å². The van der Waals surface area contributed by atoms with E-state index in [9.17, 15) is 0 Å². The van der Waals surface area contributed by atoms with Gasteiger partial charge in [0.15, 0.2) is 0 Å². The maximum atomic E-state index is 4.10. The molecular formula is C9H19N5S. The Hall–Kier alpha value is -0.720. The summed E-state index contributed by atoms with van der Waals surface area (Å²) >= 11 is 1.61. The van der Waals surface area contributed by atoms with Crippen molar-refractivity contribution in [2.24, 2.45) is 0 Å². The molecule has 15 heavy (non-hydrogen) atoms. The predicted octanol–water partition coefficient (Wildman–Crippen LogP) is 0.573. The van der Waals surface area contributed by atoms with Gasteiger partial charge < -0.3 is 10.2 Å². The van der Waals surface area contributed by atoms with Gasteiger partial charge in [0.2, 0.25) is 5.13 Å². The molecule has 0 saturated carbocycles. The average molecular weight is 229 g/mol. The fourth-order valence-electron chi connectivity index (χ4n) is 1.10. The van der Waals surface area contributed by atoms with Crippen molar-refractivity contribution in [2.45, 2.75) is 6.54 Å². The number of likely N-dealkylation sites (N-methyl/N-ethyl adjacent to an activating group) is 2. The summed E-state index contributed by atoms with van der Waals surface area (Å²) in [6, 6.07) is 0. The molecule has 1 N–H and O–H groups in total. The lowest BCUT2D eigenvalue weighted by atomic mass is 10.5. The molecule has 0 bridgehead atoms. The van der Waals surface area contributed by atoms with Crippen LogP contribution >= 0.6 is 11.3 Å². The molecule has 1 heterocycles.